The van der Waals surface area contributed by atoms with Crippen LogP contribution in [0.4, 0.5) is 11.5 Å². The lowest BCUT2D eigenvalue weighted by Crippen LogP contribution is -2.17. The first kappa shape index (κ1) is 12.0. The smallest absolute Gasteiger partial charge is 0.294 e. The summed E-state index contributed by atoms with van der Waals surface area (Å²) in [5.41, 5.74) is 7.81. The fourth-order valence-corrected chi connectivity index (χ4v) is 2.86. The Bertz CT molecular complexity index is 878. The van der Waals surface area contributed by atoms with E-state index in [0.29, 0.717) is 29.3 Å². The summed E-state index contributed by atoms with van der Waals surface area (Å²) >= 11 is 0. The van der Waals surface area contributed by atoms with Crippen LogP contribution < -0.4 is 11.3 Å². The third-order valence-corrected chi connectivity index (χ3v) is 3.88. The molecule has 7 heteroatoms. The fraction of sp³-hybridized carbons (Fsp3) is 0.214. The number of ketones is 1. The van der Waals surface area contributed by atoms with E-state index in [1.165, 1.54) is 6.08 Å². The van der Waals surface area contributed by atoms with E-state index < -0.39 is 0 Å². The Labute approximate surface area is 119 Å². The fourth-order valence-electron chi connectivity index (χ4n) is 2.86. The summed E-state index contributed by atoms with van der Waals surface area (Å²) in [7, 11) is 0. The zero-order valence-electron chi connectivity index (χ0n) is 11.2. The minimum Gasteiger partial charge on any atom is -0.382 e. The summed E-state index contributed by atoms with van der Waals surface area (Å²) < 4.78 is 3.37. The molecule has 0 aromatic carbocycles. The molecular formula is C14H13N5O2. The molecule has 1 aliphatic carbocycles. The number of anilines is 1. The molecule has 3 heterocycles. The first-order valence-electron chi connectivity index (χ1n) is 6.75. The van der Waals surface area contributed by atoms with Crippen molar-refractivity contribution in [3.63, 3.8) is 0 Å². The Hall–Kier alpha value is -2.83. The highest BCUT2D eigenvalue weighted by molar-refractivity contribution is 6.23. The van der Waals surface area contributed by atoms with Gasteiger partial charge in [0.1, 0.15) is 0 Å². The molecule has 21 heavy (non-hydrogen) atoms. The number of nitrogens with two attached hydrogens (primary N) is 1. The minimum atomic E-state index is -0.184. The summed E-state index contributed by atoms with van der Waals surface area (Å²) in [6.07, 6.45) is 5.65. The Morgan fingerprint density at radius 2 is 2.00 bits per heavy atom. The molecule has 0 bridgehead atoms. The number of hydrogen-bond acceptors (Lipinski definition) is 4. The first-order chi connectivity index (χ1) is 10.2. The topological polar surface area (TPSA) is 98.2 Å². The summed E-state index contributed by atoms with van der Waals surface area (Å²) in [4.78, 5) is 31.4. The van der Waals surface area contributed by atoms with Crippen molar-refractivity contribution >= 4 is 23.0 Å². The number of carbonyl (C=O) groups is 1. The molecule has 0 unspecified atom stereocenters. The van der Waals surface area contributed by atoms with E-state index >= 15 is 0 Å². The molecule has 2 aliphatic rings. The molecule has 0 atom stereocenters. The predicted octanol–water partition coefficient (Wildman–Crippen LogP) is 0.837. The molecule has 0 radical (unpaired) electrons. The number of aromatic amines is 1. The van der Waals surface area contributed by atoms with Crippen LogP contribution >= 0.6 is 0 Å². The van der Waals surface area contributed by atoms with Gasteiger partial charge in [-0.1, -0.05) is 0 Å². The van der Waals surface area contributed by atoms with Crippen molar-refractivity contribution < 1.29 is 4.79 Å². The summed E-state index contributed by atoms with van der Waals surface area (Å²) in [5, 5.41) is 0. The van der Waals surface area contributed by atoms with Crippen LogP contribution in [-0.4, -0.2) is 25.8 Å². The molecule has 0 fully saturated rings. The van der Waals surface area contributed by atoms with Gasteiger partial charge in [0, 0.05) is 24.8 Å². The molecule has 2 aromatic heterocycles. The number of aromatic nitrogens is 3. The van der Waals surface area contributed by atoms with Gasteiger partial charge in [0.2, 0.25) is 0 Å². The molecule has 0 saturated heterocycles. The molecular weight excluding hydrogens is 270 g/mol. The summed E-state index contributed by atoms with van der Waals surface area (Å²) in [6.45, 7) is 1.39. The normalized spacial score (nSPS) is 18.3. The van der Waals surface area contributed by atoms with Gasteiger partial charge in [-0.15, -0.1) is 0 Å². The van der Waals surface area contributed by atoms with E-state index in [1.807, 2.05) is 0 Å². The van der Waals surface area contributed by atoms with E-state index in [0.717, 1.165) is 13.0 Å². The van der Waals surface area contributed by atoms with Gasteiger partial charge in [-0.25, -0.2) is 9.67 Å². The SMILES string of the molecule is Nc1c(/N=C2\C=CC(=O)c3cc[nH]c32)c(=O)n2n1CCC2. The van der Waals surface area contributed by atoms with Crippen LogP contribution in [0.5, 0.6) is 0 Å². The van der Waals surface area contributed by atoms with Crippen molar-refractivity contribution in [1.29, 1.82) is 0 Å². The zero-order valence-corrected chi connectivity index (χ0v) is 11.2. The van der Waals surface area contributed by atoms with Crippen molar-refractivity contribution in [3.05, 3.63) is 46.0 Å². The maximum Gasteiger partial charge on any atom is 0.294 e. The number of nitrogen functional groups attached to an aromatic ring is 1. The van der Waals surface area contributed by atoms with Gasteiger partial charge < -0.3 is 10.7 Å². The van der Waals surface area contributed by atoms with Crippen LogP contribution in [0, 0.1) is 0 Å². The van der Waals surface area contributed by atoms with Crippen molar-refractivity contribution in [2.75, 3.05) is 5.73 Å². The van der Waals surface area contributed by atoms with Gasteiger partial charge in [-0.3, -0.25) is 14.3 Å². The van der Waals surface area contributed by atoms with E-state index in [-0.39, 0.29) is 17.0 Å². The number of hydrogen-bond donors (Lipinski definition) is 2. The highest BCUT2D eigenvalue weighted by atomic mass is 16.1. The maximum absolute atomic E-state index is 12.3. The molecule has 0 saturated carbocycles. The molecule has 4 rings (SSSR count). The van der Waals surface area contributed by atoms with E-state index in [4.69, 9.17) is 5.73 Å². The average Bonchev–Trinajstić information content (AvgIpc) is 3.17. The molecule has 0 amide bonds. The van der Waals surface area contributed by atoms with Crippen LogP contribution in [0.1, 0.15) is 22.5 Å². The monoisotopic (exact) mass is 283 g/mol. The lowest BCUT2D eigenvalue weighted by molar-refractivity contribution is 0.104. The molecule has 3 N–H and O–H groups in total. The van der Waals surface area contributed by atoms with Gasteiger partial charge >= 0.3 is 0 Å². The lowest BCUT2D eigenvalue weighted by Gasteiger charge is -2.07. The second-order valence-electron chi connectivity index (χ2n) is 5.10. The summed E-state index contributed by atoms with van der Waals surface area (Å²) in [6, 6.07) is 1.70. The molecule has 0 spiro atoms. The van der Waals surface area contributed by atoms with Gasteiger partial charge in [-0.2, -0.15) is 0 Å². The number of nitrogens with one attached hydrogen (secondary N) is 1. The van der Waals surface area contributed by atoms with Gasteiger partial charge in [0.15, 0.2) is 17.3 Å². The highest BCUT2D eigenvalue weighted by Gasteiger charge is 2.23. The number of fused-ring (bicyclic) bond motifs is 2. The van der Waals surface area contributed by atoms with E-state index in [2.05, 4.69) is 9.98 Å². The largest absolute Gasteiger partial charge is 0.382 e. The molecule has 106 valence electrons. The Kier molecular flexibility index (Phi) is 2.32. The number of nitrogens with zero attached hydrogens (tertiary/aromatic N) is 3. The van der Waals surface area contributed by atoms with Crippen LogP contribution in [0.3, 0.4) is 0 Å². The average molecular weight is 283 g/mol. The van der Waals surface area contributed by atoms with Gasteiger partial charge in [0.25, 0.3) is 5.56 Å². The second kappa shape index (κ2) is 4.08. The van der Waals surface area contributed by atoms with Gasteiger partial charge in [-0.05, 0) is 24.6 Å². The third-order valence-electron chi connectivity index (χ3n) is 3.88. The quantitative estimate of drug-likeness (QED) is 0.811. The number of rotatable bonds is 1. The van der Waals surface area contributed by atoms with Crippen molar-refractivity contribution in [3.8, 4) is 0 Å². The standard InChI is InChI=1S/C14H13N5O2/c15-13-12(14(21)19-7-1-6-18(13)19)17-9-2-3-10(20)8-4-5-16-11(8)9/h2-5,16H,1,6-7,15H2/b17-9+. The summed E-state index contributed by atoms with van der Waals surface area (Å²) in [5.74, 6) is 0.303. The number of carbonyl (C=O) groups excluding carboxylic acids is 1. The molecule has 1 aliphatic heterocycles. The van der Waals surface area contributed by atoms with E-state index in [9.17, 15) is 9.59 Å². The van der Waals surface area contributed by atoms with Crippen LogP contribution in [0.25, 0.3) is 0 Å². The van der Waals surface area contributed by atoms with E-state index in [1.54, 1.807) is 27.7 Å². The Balaban J connectivity index is 1.89. The zero-order chi connectivity index (χ0) is 14.6. The van der Waals surface area contributed by atoms with Crippen LogP contribution in [-0.2, 0) is 13.1 Å². The Morgan fingerprint density at radius 3 is 2.81 bits per heavy atom. The molecule has 2 aromatic rings. The van der Waals surface area contributed by atoms with Gasteiger partial charge in [0.05, 0.1) is 11.4 Å². The highest BCUT2D eigenvalue weighted by Crippen LogP contribution is 2.24. The predicted molar refractivity (Wildman–Crippen MR) is 78.2 cm³/mol. The molecule has 7 nitrogen and oxygen atoms in total. The third kappa shape index (κ3) is 1.57. The van der Waals surface area contributed by atoms with Crippen LogP contribution in [0.15, 0.2) is 34.2 Å². The second-order valence-corrected chi connectivity index (χ2v) is 5.10. The number of allylic oxidation sites excluding steroid dienone is 2. The maximum atomic E-state index is 12.3. The minimum absolute atomic E-state index is 0.0748. The van der Waals surface area contributed by atoms with Crippen molar-refractivity contribution in [2.24, 2.45) is 4.99 Å². The van der Waals surface area contributed by atoms with Crippen molar-refractivity contribution in [1.82, 2.24) is 14.3 Å². The van der Waals surface area contributed by atoms with Crippen molar-refractivity contribution in [2.45, 2.75) is 19.5 Å². The number of H-pyrrole nitrogens is 1. The van der Waals surface area contributed by atoms with Crippen LogP contribution in [0.2, 0.25) is 0 Å². The first-order valence-corrected chi connectivity index (χ1v) is 6.75. The lowest BCUT2D eigenvalue weighted by atomic mass is 10.0. The number of aliphatic imine (C=N–C) groups is 1. The Morgan fingerprint density at radius 1 is 1.19 bits per heavy atom.